The third-order valence-electron chi connectivity index (χ3n) is 6.15. The summed E-state index contributed by atoms with van der Waals surface area (Å²) in [4.78, 5) is 57.4. The van der Waals surface area contributed by atoms with Gasteiger partial charge in [-0.3, -0.25) is 19.7 Å². The molecule has 12 nitrogen and oxygen atoms in total. The van der Waals surface area contributed by atoms with Crippen LogP contribution in [-0.2, 0) is 16.0 Å². The van der Waals surface area contributed by atoms with Crippen molar-refractivity contribution < 1.29 is 23.9 Å². The number of aromatic nitrogens is 2. The van der Waals surface area contributed by atoms with Gasteiger partial charge in [-0.2, -0.15) is 4.98 Å². The molecule has 3 aliphatic heterocycles. The fraction of sp³-hybridized carbons (Fsp3) is 0.360. The quantitative estimate of drug-likeness (QED) is 0.380. The smallest absolute Gasteiger partial charge is 0.322 e. The Hall–Kier alpha value is -4.66. The Morgan fingerprint density at radius 1 is 1.11 bits per heavy atom. The summed E-state index contributed by atoms with van der Waals surface area (Å²) in [7, 11) is 3.43. The molecule has 2 aromatic rings. The first kappa shape index (κ1) is 25.4. The highest BCUT2D eigenvalue weighted by Gasteiger charge is 2.27. The van der Waals surface area contributed by atoms with Crippen LogP contribution in [0.1, 0.15) is 34.3 Å². The van der Waals surface area contributed by atoms with Crippen LogP contribution in [0.4, 0.5) is 16.6 Å². The molecular weight excluding hydrogens is 478 g/mol. The Morgan fingerprint density at radius 2 is 1.86 bits per heavy atom. The van der Waals surface area contributed by atoms with Crippen molar-refractivity contribution in [2.75, 3.05) is 44.4 Å². The normalized spacial score (nSPS) is 18.6. The van der Waals surface area contributed by atoms with E-state index < -0.39 is 18.0 Å². The van der Waals surface area contributed by atoms with Crippen LogP contribution in [0.3, 0.4) is 0 Å². The van der Waals surface area contributed by atoms with Crippen LogP contribution >= 0.6 is 0 Å². The lowest BCUT2D eigenvalue weighted by atomic mass is 9.99. The fourth-order valence-corrected chi connectivity index (χ4v) is 3.95. The van der Waals surface area contributed by atoms with Crippen LogP contribution in [0.2, 0.25) is 0 Å². The molecule has 1 aromatic carbocycles. The van der Waals surface area contributed by atoms with E-state index in [0.717, 1.165) is 29.8 Å². The molecule has 2 saturated heterocycles. The van der Waals surface area contributed by atoms with E-state index in [1.807, 2.05) is 30.1 Å². The molecule has 3 aliphatic rings. The second kappa shape index (κ2) is 10.9. The average Bonchev–Trinajstić information content (AvgIpc) is 3.22. The number of likely N-dealkylation sites (N-methyl/N-ethyl adjacent to an activating group) is 1. The van der Waals surface area contributed by atoms with Crippen molar-refractivity contribution >= 4 is 35.4 Å². The molecule has 0 bridgehead atoms. The Bertz CT molecular complexity index is 1310. The summed E-state index contributed by atoms with van der Waals surface area (Å²) in [6, 6.07) is 4.20. The number of carbonyl (C=O) groups excluding carboxylic acids is 4. The summed E-state index contributed by atoms with van der Waals surface area (Å²) in [5, 5.41) is 4.45. The average molecular weight is 506 g/mol. The number of piperidine rings is 1. The number of methoxy groups -OCH3 is 1. The van der Waals surface area contributed by atoms with Gasteiger partial charge in [-0.15, -0.1) is 0 Å². The van der Waals surface area contributed by atoms with Crippen molar-refractivity contribution in [2.45, 2.75) is 25.3 Å². The first-order valence-electron chi connectivity index (χ1n) is 11.7. The lowest BCUT2D eigenvalue weighted by molar-refractivity contribution is -0.120. The first-order valence-corrected chi connectivity index (χ1v) is 11.7. The largest absolute Gasteiger partial charge is 0.497 e. The standard InChI is InChI=1S/C14H14N6O3.C11H13NO2/c15-11-8(1-2-10-12(22)19-14(23)17-10)7-16-13(18-11)20-5-3-9(21)4-6-20;1-12-6-5-8-3-4-9(14-2)7-10(8)11(12)13/h7,10H,3-6H2,(H2,15,16,18)(H2,17,19,22,23);3-4,7H,5-6H2,1-2H3. The van der Waals surface area contributed by atoms with Gasteiger partial charge in [-0.05, 0) is 24.1 Å². The van der Waals surface area contributed by atoms with E-state index in [2.05, 4.69) is 32.4 Å². The number of hydrogen-bond donors (Lipinski definition) is 3. The molecular formula is C25H27N7O5. The van der Waals surface area contributed by atoms with Crippen LogP contribution in [0, 0.1) is 11.8 Å². The van der Waals surface area contributed by atoms with Crippen molar-refractivity contribution in [3.63, 3.8) is 0 Å². The molecule has 192 valence electrons. The highest BCUT2D eigenvalue weighted by Crippen LogP contribution is 2.23. The SMILES string of the molecule is COc1ccc2c(c1)C(=O)N(C)CC2.Nc1nc(N2CCC(=O)CC2)ncc1C#CC1NC(=O)NC1=O. The maximum Gasteiger partial charge on any atom is 0.322 e. The van der Waals surface area contributed by atoms with Crippen LogP contribution in [0.15, 0.2) is 24.4 Å². The van der Waals surface area contributed by atoms with Crippen LogP contribution < -0.4 is 26.0 Å². The zero-order chi connectivity index (χ0) is 26.5. The van der Waals surface area contributed by atoms with Crippen molar-refractivity contribution in [3.8, 4) is 17.6 Å². The van der Waals surface area contributed by atoms with Gasteiger partial charge in [-0.25, -0.2) is 9.78 Å². The summed E-state index contributed by atoms with van der Waals surface area (Å²) in [6.45, 7) is 1.94. The number of imide groups is 1. The third-order valence-corrected chi connectivity index (χ3v) is 6.15. The Labute approximate surface area is 213 Å². The van der Waals surface area contributed by atoms with Gasteiger partial charge >= 0.3 is 6.03 Å². The van der Waals surface area contributed by atoms with Gasteiger partial charge in [0.25, 0.3) is 11.8 Å². The number of nitrogen functional groups attached to an aromatic ring is 1. The Morgan fingerprint density at radius 3 is 2.51 bits per heavy atom. The number of nitrogens with one attached hydrogen (secondary N) is 2. The molecule has 1 unspecified atom stereocenters. The fourth-order valence-electron chi connectivity index (χ4n) is 3.95. The molecule has 1 atom stereocenters. The summed E-state index contributed by atoms with van der Waals surface area (Å²) in [6.07, 6.45) is 3.35. The number of anilines is 2. The molecule has 1 aromatic heterocycles. The summed E-state index contributed by atoms with van der Waals surface area (Å²) >= 11 is 0. The molecule has 2 fully saturated rings. The number of amides is 4. The van der Waals surface area contributed by atoms with Crippen LogP contribution in [-0.4, -0.2) is 78.3 Å². The van der Waals surface area contributed by atoms with E-state index in [9.17, 15) is 19.2 Å². The molecule has 0 aliphatic carbocycles. The van der Waals surface area contributed by atoms with Gasteiger partial charge < -0.3 is 25.6 Å². The number of Topliss-reactive ketones (excluding diaryl/α,β-unsaturated/α-hetero) is 1. The minimum Gasteiger partial charge on any atom is -0.497 e. The number of rotatable bonds is 2. The zero-order valence-electron chi connectivity index (χ0n) is 20.5. The number of nitrogens with two attached hydrogens (primary N) is 1. The molecule has 0 radical (unpaired) electrons. The van der Waals surface area contributed by atoms with Gasteiger partial charge in [0.05, 0.1) is 18.9 Å². The molecule has 4 heterocycles. The second-order valence-corrected chi connectivity index (χ2v) is 8.66. The van der Waals surface area contributed by atoms with Crippen molar-refractivity contribution in [1.82, 2.24) is 25.5 Å². The van der Waals surface area contributed by atoms with Gasteiger partial charge in [0.15, 0.2) is 6.04 Å². The molecule has 0 saturated carbocycles. The molecule has 12 heteroatoms. The van der Waals surface area contributed by atoms with Crippen molar-refractivity contribution in [1.29, 1.82) is 0 Å². The number of hydrogen-bond acceptors (Lipinski definition) is 9. The van der Waals surface area contributed by atoms with E-state index in [0.29, 0.717) is 37.4 Å². The maximum absolute atomic E-state index is 11.8. The van der Waals surface area contributed by atoms with Gasteiger partial charge in [0.2, 0.25) is 5.95 Å². The van der Waals surface area contributed by atoms with E-state index in [1.165, 1.54) is 6.20 Å². The lowest BCUT2D eigenvalue weighted by Gasteiger charge is -2.25. The summed E-state index contributed by atoms with van der Waals surface area (Å²) in [5.41, 5.74) is 8.13. The number of urea groups is 1. The minimum atomic E-state index is -0.908. The van der Waals surface area contributed by atoms with Crippen LogP contribution in [0.5, 0.6) is 5.75 Å². The number of ether oxygens (including phenoxy) is 1. The molecule has 4 N–H and O–H groups in total. The molecule has 4 amide bonds. The van der Waals surface area contributed by atoms with Crippen molar-refractivity contribution in [3.05, 3.63) is 41.1 Å². The summed E-state index contributed by atoms with van der Waals surface area (Å²) < 4.78 is 5.09. The van der Waals surface area contributed by atoms with Gasteiger partial charge in [-0.1, -0.05) is 17.9 Å². The number of benzene rings is 1. The molecule has 37 heavy (non-hydrogen) atoms. The number of fused-ring (bicyclic) bond motifs is 1. The zero-order valence-corrected chi connectivity index (χ0v) is 20.5. The third kappa shape index (κ3) is 5.95. The maximum atomic E-state index is 11.8. The monoisotopic (exact) mass is 505 g/mol. The minimum absolute atomic E-state index is 0.0881. The van der Waals surface area contributed by atoms with E-state index in [1.54, 1.807) is 12.0 Å². The van der Waals surface area contributed by atoms with E-state index in [-0.39, 0.29) is 17.5 Å². The topological polar surface area (TPSA) is 160 Å². The predicted molar refractivity (Wildman–Crippen MR) is 134 cm³/mol. The number of carbonyl (C=O) groups is 4. The highest BCUT2D eigenvalue weighted by atomic mass is 16.5. The molecule has 0 spiro atoms. The lowest BCUT2D eigenvalue weighted by Crippen LogP contribution is -2.35. The van der Waals surface area contributed by atoms with E-state index in [4.69, 9.17) is 10.5 Å². The van der Waals surface area contributed by atoms with Gasteiger partial charge in [0, 0.05) is 45.1 Å². The summed E-state index contributed by atoms with van der Waals surface area (Å²) in [5.74, 6) is 6.50. The highest BCUT2D eigenvalue weighted by molar-refractivity contribution is 6.05. The molecule has 5 rings (SSSR count). The van der Waals surface area contributed by atoms with Gasteiger partial charge in [0.1, 0.15) is 17.4 Å². The number of nitrogens with zero attached hydrogens (tertiary/aromatic N) is 4. The van der Waals surface area contributed by atoms with Crippen LogP contribution in [0.25, 0.3) is 0 Å². The predicted octanol–water partition coefficient (Wildman–Crippen LogP) is 0.111. The second-order valence-electron chi connectivity index (χ2n) is 8.66. The Balaban J connectivity index is 0.000000195. The number of ketones is 1. The Kier molecular flexibility index (Phi) is 7.52. The van der Waals surface area contributed by atoms with E-state index >= 15 is 0 Å². The first-order chi connectivity index (χ1) is 17.7. The van der Waals surface area contributed by atoms with Crippen molar-refractivity contribution in [2.24, 2.45) is 0 Å².